The van der Waals surface area contributed by atoms with Crippen LogP contribution in [0.2, 0.25) is 5.02 Å². The molecule has 2 amide bonds. The van der Waals surface area contributed by atoms with Crippen molar-refractivity contribution in [2.45, 2.75) is 39.8 Å². The number of hydrogen-bond donors (Lipinski definition) is 1. The van der Waals surface area contributed by atoms with Gasteiger partial charge in [0.15, 0.2) is 0 Å². The molecule has 1 saturated carbocycles. The molecule has 1 aliphatic carbocycles. The summed E-state index contributed by atoms with van der Waals surface area (Å²) in [7, 11) is 0. The summed E-state index contributed by atoms with van der Waals surface area (Å²) in [6.45, 7) is 7.48. The number of nitrogens with one attached hydrogen (secondary N) is 1. The smallest absolute Gasteiger partial charge is 0.234 e. The number of rotatable bonds is 5. The first-order chi connectivity index (χ1) is 17.8. The highest BCUT2D eigenvalue weighted by Gasteiger charge is 2.72. The first-order valence-electron chi connectivity index (χ1n) is 13.0. The lowest BCUT2D eigenvalue weighted by Gasteiger charge is -2.24. The molecule has 2 unspecified atom stereocenters. The van der Waals surface area contributed by atoms with Gasteiger partial charge < -0.3 is 9.88 Å². The van der Waals surface area contributed by atoms with E-state index in [-0.39, 0.29) is 29.1 Å². The van der Waals surface area contributed by atoms with Crippen molar-refractivity contribution in [1.82, 2.24) is 19.8 Å². The number of benzene rings is 1. The molecular weight excluding hydrogens is 504 g/mol. The first-order valence-corrected chi connectivity index (χ1v) is 14.2. The summed E-state index contributed by atoms with van der Waals surface area (Å²) in [6, 6.07) is 10.3. The average Bonchev–Trinajstić information content (AvgIpc) is 3.23. The zero-order valence-corrected chi connectivity index (χ0v) is 22.5. The van der Waals surface area contributed by atoms with E-state index in [0.29, 0.717) is 17.5 Å². The Labute approximate surface area is 224 Å². The summed E-state index contributed by atoms with van der Waals surface area (Å²) in [5.41, 5.74) is 4.06. The number of amides is 2. The van der Waals surface area contributed by atoms with Crippen LogP contribution in [0.25, 0.3) is 32.2 Å². The minimum absolute atomic E-state index is 0.0297. The second kappa shape index (κ2) is 8.38. The van der Waals surface area contributed by atoms with E-state index in [9.17, 15) is 9.59 Å². The second-order valence-corrected chi connectivity index (χ2v) is 13.0. The number of likely N-dealkylation sites (tertiary alicyclic amines) is 1. The number of fused-ring (bicyclic) bond motifs is 3. The maximum absolute atomic E-state index is 12.9. The fourth-order valence-corrected chi connectivity index (χ4v) is 7.96. The number of piperidine rings is 2. The van der Waals surface area contributed by atoms with Gasteiger partial charge in [-0.3, -0.25) is 19.5 Å². The molecule has 0 spiro atoms. The van der Waals surface area contributed by atoms with Gasteiger partial charge in [-0.25, -0.2) is 0 Å². The van der Waals surface area contributed by atoms with Gasteiger partial charge in [0.1, 0.15) is 0 Å². The Kier molecular flexibility index (Phi) is 5.30. The van der Waals surface area contributed by atoms with E-state index in [1.165, 1.54) is 23.3 Å². The number of halogens is 1. The summed E-state index contributed by atoms with van der Waals surface area (Å²) in [5, 5.41) is 5.30. The topological polar surface area (TPSA) is 67.2 Å². The van der Waals surface area contributed by atoms with Crippen LogP contribution in [0, 0.1) is 23.2 Å². The molecule has 3 aliphatic rings. The number of imide groups is 1. The first kappa shape index (κ1) is 23.4. The Balaban J connectivity index is 1.27. The SMILES string of the molecule is CC1(C)C2C(=O)N(Cc3cc4nccc(-c5cc(Cl)cc6ccn(CC7CCNCC7)c56)c4s3)C(=O)C21. The van der Waals surface area contributed by atoms with Crippen LogP contribution in [0.15, 0.2) is 42.7 Å². The van der Waals surface area contributed by atoms with Gasteiger partial charge in [-0.05, 0) is 67.6 Å². The summed E-state index contributed by atoms with van der Waals surface area (Å²) >= 11 is 8.22. The zero-order valence-electron chi connectivity index (χ0n) is 21.0. The number of thiophene rings is 1. The van der Waals surface area contributed by atoms with Crippen molar-refractivity contribution in [3.8, 4) is 11.1 Å². The molecule has 3 aromatic heterocycles. The number of carbonyl (C=O) groups excluding carboxylic acids is 2. The van der Waals surface area contributed by atoms with Crippen molar-refractivity contribution in [3.05, 3.63) is 52.6 Å². The highest BCUT2D eigenvalue weighted by Crippen LogP contribution is 2.63. The lowest BCUT2D eigenvalue weighted by molar-refractivity contribution is -0.143. The molecule has 2 saturated heterocycles. The van der Waals surface area contributed by atoms with Gasteiger partial charge in [0.2, 0.25) is 11.8 Å². The van der Waals surface area contributed by atoms with Crippen LogP contribution in [0.4, 0.5) is 0 Å². The molecule has 190 valence electrons. The van der Waals surface area contributed by atoms with Gasteiger partial charge in [-0.15, -0.1) is 11.3 Å². The normalized spacial score (nSPS) is 23.4. The molecule has 1 aromatic carbocycles. The van der Waals surface area contributed by atoms with E-state index in [1.54, 1.807) is 11.3 Å². The lowest BCUT2D eigenvalue weighted by atomic mass is 9.97. The van der Waals surface area contributed by atoms with Crippen molar-refractivity contribution in [2.75, 3.05) is 13.1 Å². The summed E-state index contributed by atoms with van der Waals surface area (Å²) < 4.78 is 3.44. The molecular formula is C29H29ClN4O2S. The van der Waals surface area contributed by atoms with Crippen LogP contribution >= 0.6 is 22.9 Å². The third-order valence-electron chi connectivity index (χ3n) is 8.70. The number of nitrogens with zero attached hydrogens (tertiary/aromatic N) is 3. The van der Waals surface area contributed by atoms with Crippen molar-refractivity contribution in [3.63, 3.8) is 0 Å². The maximum atomic E-state index is 12.9. The predicted octanol–water partition coefficient (Wildman–Crippen LogP) is 5.71. The number of hydrogen-bond acceptors (Lipinski definition) is 5. The third-order valence-corrected chi connectivity index (χ3v) is 10.1. The monoisotopic (exact) mass is 532 g/mol. The highest BCUT2D eigenvalue weighted by molar-refractivity contribution is 7.19. The molecule has 6 nitrogen and oxygen atoms in total. The number of aromatic nitrogens is 2. The molecule has 0 radical (unpaired) electrons. The molecule has 1 N–H and O–H groups in total. The van der Waals surface area contributed by atoms with Crippen LogP contribution in [-0.2, 0) is 22.7 Å². The standard InChI is InChI=1S/C29H29ClN4O2S/c1-29(2)23-24(29)28(36)34(27(23)35)15-19-13-22-26(37-19)20(5-9-32-22)21-12-18(30)11-17-6-10-33(25(17)21)14-16-3-7-31-8-4-16/h5-6,9-13,16,23-24,31H,3-4,7-8,14-15H2,1-2H3. The Bertz CT molecular complexity index is 1560. The lowest BCUT2D eigenvalue weighted by Crippen LogP contribution is -2.35. The minimum Gasteiger partial charge on any atom is -0.347 e. The van der Waals surface area contributed by atoms with Crippen molar-refractivity contribution >= 4 is 55.9 Å². The Morgan fingerprint density at radius 2 is 1.84 bits per heavy atom. The van der Waals surface area contributed by atoms with E-state index < -0.39 is 0 Å². The van der Waals surface area contributed by atoms with Crippen LogP contribution in [0.5, 0.6) is 0 Å². The molecule has 3 fully saturated rings. The fraction of sp³-hybridized carbons (Fsp3) is 0.414. The maximum Gasteiger partial charge on any atom is 0.234 e. The molecule has 2 atom stereocenters. The molecule has 37 heavy (non-hydrogen) atoms. The average molecular weight is 533 g/mol. The minimum atomic E-state index is -0.194. The molecule has 2 aliphatic heterocycles. The van der Waals surface area contributed by atoms with Crippen LogP contribution in [0.3, 0.4) is 0 Å². The zero-order chi connectivity index (χ0) is 25.5. The molecule has 8 heteroatoms. The molecule has 7 rings (SSSR count). The van der Waals surface area contributed by atoms with Crippen molar-refractivity contribution < 1.29 is 9.59 Å². The quantitative estimate of drug-likeness (QED) is 0.334. The van der Waals surface area contributed by atoms with Gasteiger partial charge in [0.05, 0.1) is 34.1 Å². The Morgan fingerprint density at radius 1 is 1.08 bits per heavy atom. The number of carbonyl (C=O) groups is 2. The molecule has 5 heterocycles. The van der Waals surface area contributed by atoms with E-state index in [2.05, 4.69) is 39.3 Å². The van der Waals surface area contributed by atoms with E-state index >= 15 is 0 Å². The van der Waals surface area contributed by atoms with E-state index in [0.717, 1.165) is 51.2 Å². The van der Waals surface area contributed by atoms with E-state index in [4.69, 9.17) is 11.6 Å². The van der Waals surface area contributed by atoms with Crippen LogP contribution in [0.1, 0.15) is 31.6 Å². The fourth-order valence-electron chi connectivity index (χ4n) is 6.61. The van der Waals surface area contributed by atoms with Gasteiger partial charge in [0, 0.05) is 45.4 Å². The van der Waals surface area contributed by atoms with Gasteiger partial charge in [-0.1, -0.05) is 25.4 Å². The third kappa shape index (κ3) is 3.66. The van der Waals surface area contributed by atoms with Crippen LogP contribution < -0.4 is 5.32 Å². The number of pyridine rings is 1. The molecule has 0 bridgehead atoms. The summed E-state index contributed by atoms with van der Waals surface area (Å²) in [6.07, 6.45) is 6.39. The van der Waals surface area contributed by atoms with Crippen LogP contribution in [-0.4, -0.2) is 39.4 Å². The predicted molar refractivity (Wildman–Crippen MR) is 147 cm³/mol. The second-order valence-electron chi connectivity index (χ2n) is 11.4. The van der Waals surface area contributed by atoms with Gasteiger partial charge >= 0.3 is 0 Å². The highest BCUT2D eigenvalue weighted by atomic mass is 35.5. The Hall–Kier alpha value is -2.74. The largest absolute Gasteiger partial charge is 0.347 e. The van der Waals surface area contributed by atoms with Gasteiger partial charge in [-0.2, -0.15) is 0 Å². The van der Waals surface area contributed by atoms with Gasteiger partial charge in [0.25, 0.3) is 0 Å². The molecule has 4 aromatic rings. The Morgan fingerprint density at radius 3 is 2.59 bits per heavy atom. The summed E-state index contributed by atoms with van der Waals surface area (Å²) in [5.74, 6) is 0.278. The van der Waals surface area contributed by atoms with Crippen molar-refractivity contribution in [1.29, 1.82) is 0 Å². The van der Waals surface area contributed by atoms with E-state index in [1.807, 2.05) is 32.2 Å². The summed E-state index contributed by atoms with van der Waals surface area (Å²) in [4.78, 5) is 32.9. The van der Waals surface area contributed by atoms with Crippen molar-refractivity contribution in [2.24, 2.45) is 23.2 Å².